The number of pyridine rings is 1. The highest BCUT2D eigenvalue weighted by Gasteiger charge is 2.39. The quantitative estimate of drug-likeness (QED) is 0.444. The summed E-state index contributed by atoms with van der Waals surface area (Å²) in [5.41, 5.74) is 2.81. The van der Waals surface area contributed by atoms with Crippen LogP contribution in [0.25, 0.3) is 27.7 Å². The van der Waals surface area contributed by atoms with Crippen LogP contribution in [0.15, 0.2) is 35.3 Å². The molecule has 7 rings (SSSR count). The zero-order valence-corrected chi connectivity index (χ0v) is 22.2. The van der Waals surface area contributed by atoms with Crippen LogP contribution in [0.1, 0.15) is 23.2 Å². The summed E-state index contributed by atoms with van der Waals surface area (Å²) >= 11 is 0. The molecule has 198 valence electrons. The van der Waals surface area contributed by atoms with Gasteiger partial charge in [0.1, 0.15) is 11.2 Å². The van der Waals surface area contributed by atoms with Crippen molar-refractivity contribution in [1.82, 2.24) is 34.1 Å². The van der Waals surface area contributed by atoms with Crippen molar-refractivity contribution in [3.63, 3.8) is 0 Å². The van der Waals surface area contributed by atoms with Crippen molar-refractivity contribution in [3.8, 4) is 0 Å². The number of amides is 1. The third kappa shape index (κ3) is 3.61. The molecule has 10 heteroatoms. The molecule has 38 heavy (non-hydrogen) atoms. The molecular formula is C28H34N8O2. The number of piperidine rings is 1. The van der Waals surface area contributed by atoms with Gasteiger partial charge in [-0.1, -0.05) is 12.1 Å². The van der Waals surface area contributed by atoms with Gasteiger partial charge in [0, 0.05) is 45.5 Å². The van der Waals surface area contributed by atoms with E-state index in [0.29, 0.717) is 34.5 Å². The van der Waals surface area contributed by atoms with Crippen LogP contribution < -0.4 is 15.6 Å². The van der Waals surface area contributed by atoms with E-state index in [1.54, 1.807) is 6.20 Å². The third-order valence-electron chi connectivity index (χ3n) is 8.91. The number of rotatable bonds is 3. The van der Waals surface area contributed by atoms with Gasteiger partial charge in [-0.05, 0) is 64.0 Å². The van der Waals surface area contributed by atoms with Crippen molar-refractivity contribution in [2.75, 3.05) is 58.3 Å². The van der Waals surface area contributed by atoms with Crippen molar-refractivity contribution in [2.24, 2.45) is 18.9 Å². The number of nitrogens with one attached hydrogen (secondary N) is 1. The lowest BCUT2D eigenvalue weighted by molar-refractivity contribution is 0.0917. The van der Waals surface area contributed by atoms with Gasteiger partial charge in [-0.15, -0.1) is 0 Å². The summed E-state index contributed by atoms with van der Waals surface area (Å²) in [5.74, 6) is 1.56. The Morgan fingerprint density at radius 1 is 0.947 bits per heavy atom. The lowest BCUT2D eigenvalue weighted by atomic mass is 10.0. The summed E-state index contributed by atoms with van der Waals surface area (Å²) in [6.07, 6.45) is 3.37. The number of imidazole rings is 1. The summed E-state index contributed by atoms with van der Waals surface area (Å²) in [4.78, 5) is 44.2. The van der Waals surface area contributed by atoms with E-state index in [-0.39, 0.29) is 22.9 Å². The summed E-state index contributed by atoms with van der Waals surface area (Å²) in [6.45, 7) is 5.89. The number of anilines is 1. The zero-order valence-electron chi connectivity index (χ0n) is 22.2. The summed E-state index contributed by atoms with van der Waals surface area (Å²) < 4.78 is 3.92. The summed E-state index contributed by atoms with van der Waals surface area (Å²) in [5, 5.41) is 3.53. The molecule has 0 aliphatic carbocycles. The number of aryl methyl sites for hydroxylation is 1. The third-order valence-corrected chi connectivity index (χ3v) is 8.91. The molecule has 0 spiro atoms. The first kappa shape index (κ1) is 23.6. The van der Waals surface area contributed by atoms with Crippen LogP contribution in [0.2, 0.25) is 0 Å². The Morgan fingerprint density at radius 2 is 1.63 bits per heavy atom. The topological polar surface area (TPSA) is 91.0 Å². The average Bonchev–Trinajstić information content (AvgIpc) is 3.55. The molecule has 10 nitrogen and oxygen atoms in total. The number of hydrogen-bond donors (Lipinski definition) is 1. The highest BCUT2D eigenvalue weighted by Crippen LogP contribution is 2.33. The van der Waals surface area contributed by atoms with Crippen LogP contribution in [-0.4, -0.2) is 94.0 Å². The van der Waals surface area contributed by atoms with Crippen molar-refractivity contribution in [3.05, 3.63) is 46.2 Å². The number of benzene rings is 1. The van der Waals surface area contributed by atoms with E-state index >= 15 is 0 Å². The minimum Gasteiger partial charge on any atom is -0.349 e. The summed E-state index contributed by atoms with van der Waals surface area (Å²) in [6, 6.07) is 8.03. The number of nitrogens with zero attached hydrogens (tertiary/aromatic N) is 7. The number of carbonyl (C=O) groups excluding carboxylic acids is 1. The zero-order chi connectivity index (χ0) is 26.1. The first-order valence-electron chi connectivity index (χ1n) is 13.6. The predicted molar refractivity (Wildman–Crippen MR) is 148 cm³/mol. The molecule has 3 aliphatic heterocycles. The molecule has 1 N–H and O–H groups in total. The minimum atomic E-state index is -0.324. The van der Waals surface area contributed by atoms with E-state index in [4.69, 9.17) is 4.98 Å². The normalized spacial score (nSPS) is 23.2. The van der Waals surface area contributed by atoms with E-state index < -0.39 is 0 Å². The Bertz CT molecular complexity index is 1620. The van der Waals surface area contributed by atoms with Crippen LogP contribution in [0.5, 0.6) is 0 Å². The molecule has 1 aromatic carbocycles. The fourth-order valence-corrected chi connectivity index (χ4v) is 6.90. The first-order chi connectivity index (χ1) is 18.4. The first-order valence-corrected chi connectivity index (χ1v) is 13.6. The molecular weight excluding hydrogens is 480 g/mol. The van der Waals surface area contributed by atoms with Gasteiger partial charge < -0.3 is 24.6 Å². The lowest BCUT2D eigenvalue weighted by Gasteiger charge is -2.29. The second-order valence-corrected chi connectivity index (χ2v) is 11.5. The summed E-state index contributed by atoms with van der Waals surface area (Å²) in [7, 11) is 6.18. The Labute approximate surface area is 220 Å². The maximum atomic E-state index is 13.9. The van der Waals surface area contributed by atoms with Crippen LogP contribution in [0.4, 0.5) is 5.95 Å². The van der Waals surface area contributed by atoms with Crippen LogP contribution >= 0.6 is 0 Å². The van der Waals surface area contributed by atoms with Gasteiger partial charge in [-0.3, -0.25) is 14.0 Å². The lowest BCUT2D eigenvalue weighted by Crippen LogP contribution is -2.44. The van der Waals surface area contributed by atoms with Crippen LogP contribution in [-0.2, 0) is 7.05 Å². The molecule has 3 aromatic heterocycles. The molecule has 3 saturated heterocycles. The molecule has 6 heterocycles. The minimum absolute atomic E-state index is 0.0517. The van der Waals surface area contributed by atoms with E-state index in [1.165, 1.54) is 0 Å². The van der Waals surface area contributed by atoms with Gasteiger partial charge in [0.2, 0.25) is 11.4 Å². The number of fused-ring (bicyclic) bond motifs is 6. The van der Waals surface area contributed by atoms with E-state index in [1.807, 2.05) is 40.3 Å². The molecule has 2 unspecified atom stereocenters. The standard InChI is InChI=1S/C28H34N8O2/c1-32-10-8-19(9-11-32)30-26(38)23-24(37)20-12-29-28(35-15-17-13-33(2)14-18(17)16-35)31-25(20)36-22-7-5-4-6-21(22)34(3)27(23)36/h4-7,12,17-19H,8-11,13-16H2,1-3H3,(H,30,38). The van der Waals surface area contributed by atoms with Gasteiger partial charge in [0.05, 0.1) is 16.4 Å². The van der Waals surface area contributed by atoms with E-state index in [0.717, 1.165) is 63.1 Å². The van der Waals surface area contributed by atoms with E-state index in [2.05, 4.69) is 39.1 Å². The van der Waals surface area contributed by atoms with Gasteiger partial charge in [-0.25, -0.2) is 4.98 Å². The monoisotopic (exact) mass is 514 g/mol. The molecule has 0 radical (unpaired) electrons. The fourth-order valence-electron chi connectivity index (χ4n) is 6.90. The highest BCUT2D eigenvalue weighted by molar-refractivity contribution is 6.05. The SMILES string of the molecule is CN1CCC(NC(=O)c2c(=O)c3cnc(N4CC5CN(C)CC5C4)nc3n3c4ccccc4n(C)c23)CC1. The van der Waals surface area contributed by atoms with Gasteiger partial charge in [0.25, 0.3) is 5.91 Å². The largest absolute Gasteiger partial charge is 0.349 e. The second-order valence-electron chi connectivity index (χ2n) is 11.5. The molecule has 3 aliphatic rings. The number of carbonyl (C=O) groups is 1. The molecule has 1 amide bonds. The van der Waals surface area contributed by atoms with E-state index in [9.17, 15) is 9.59 Å². The highest BCUT2D eigenvalue weighted by atomic mass is 16.2. The Balaban J connectivity index is 1.38. The van der Waals surface area contributed by atoms with Crippen LogP contribution in [0.3, 0.4) is 0 Å². The average molecular weight is 515 g/mol. The van der Waals surface area contributed by atoms with Crippen LogP contribution in [0, 0.1) is 11.8 Å². The van der Waals surface area contributed by atoms with Crippen molar-refractivity contribution < 1.29 is 4.79 Å². The maximum Gasteiger partial charge on any atom is 0.259 e. The maximum absolute atomic E-state index is 13.9. The number of aromatic nitrogens is 4. The van der Waals surface area contributed by atoms with Gasteiger partial charge in [0.15, 0.2) is 5.65 Å². The molecule has 0 saturated carbocycles. The van der Waals surface area contributed by atoms with Gasteiger partial charge >= 0.3 is 0 Å². The Kier molecular flexibility index (Phi) is 5.45. The number of hydrogen-bond acceptors (Lipinski definition) is 7. The molecule has 2 atom stereocenters. The fraction of sp³-hybridized carbons (Fsp3) is 0.500. The van der Waals surface area contributed by atoms with Crippen molar-refractivity contribution in [2.45, 2.75) is 18.9 Å². The predicted octanol–water partition coefficient (Wildman–Crippen LogP) is 1.56. The molecule has 3 fully saturated rings. The molecule has 0 bridgehead atoms. The van der Waals surface area contributed by atoms with Crippen molar-refractivity contribution in [1.29, 1.82) is 0 Å². The number of para-hydroxylation sites is 2. The Morgan fingerprint density at radius 3 is 2.34 bits per heavy atom. The van der Waals surface area contributed by atoms with Gasteiger partial charge in [-0.2, -0.15) is 4.98 Å². The smallest absolute Gasteiger partial charge is 0.259 e. The Hall–Kier alpha value is -3.50. The van der Waals surface area contributed by atoms with Crippen molar-refractivity contribution >= 4 is 39.6 Å². The number of likely N-dealkylation sites (tertiary alicyclic amines) is 2. The second kappa shape index (κ2) is 8.78. The molecule has 4 aromatic rings.